The molecule has 4 aromatic carbocycles. The summed E-state index contributed by atoms with van der Waals surface area (Å²) >= 11 is 6.13. The number of allylic oxidation sites excluding steroid dienone is 1. The summed E-state index contributed by atoms with van der Waals surface area (Å²) in [6.45, 7) is 5.87. The van der Waals surface area contributed by atoms with Crippen LogP contribution < -0.4 is 4.72 Å². The first-order valence-corrected chi connectivity index (χ1v) is 14.2. The normalized spacial score (nSPS) is 12.9. The highest BCUT2D eigenvalue weighted by molar-refractivity contribution is 7.89. The molecule has 5 nitrogen and oxygen atoms in total. The van der Waals surface area contributed by atoms with Gasteiger partial charge in [-0.15, -0.1) is 0 Å². The Balaban J connectivity index is 1.79. The predicted molar refractivity (Wildman–Crippen MR) is 154 cm³/mol. The van der Waals surface area contributed by atoms with Crippen molar-refractivity contribution in [2.24, 2.45) is 5.92 Å². The number of hydrogen-bond donors (Lipinski definition) is 1. The Bertz CT molecular complexity index is 1570. The number of nitrogens with one attached hydrogen (secondary N) is 1. The van der Waals surface area contributed by atoms with Crippen LogP contribution in [-0.4, -0.2) is 20.0 Å². The molecule has 0 bridgehead atoms. The average Bonchev–Trinajstić information content (AvgIpc) is 2.95. The molecule has 0 saturated carbocycles. The van der Waals surface area contributed by atoms with E-state index in [1.807, 2.05) is 6.92 Å². The SMILES string of the molecule is C=C(C[C@@H](C(=O)c1ccccc1)[C@H](NS(=O)(=O)c1ccc(C)cc1)c1ccc(Cl)cc1)C(=O)c1ccccc1. The number of carbonyl (C=O) groups excluding carboxylic acids is 2. The molecular formula is C32H28ClNO4S. The number of sulfonamides is 1. The number of aryl methyl sites for hydroxylation is 1. The number of rotatable bonds is 11. The van der Waals surface area contributed by atoms with E-state index in [0.29, 0.717) is 21.7 Å². The Morgan fingerprint density at radius 1 is 0.795 bits per heavy atom. The Kier molecular flexibility index (Phi) is 8.92. The molecule has 4 rings (SSSR count). The van der Waals surface area contributed by atoms with Crippen molar-refractivity contribution in [1.82, 2.24) is 4.72 Å². The van der Waals surface area contributed by atoms with Gasteiger partial charge in [-0.1, -0.05) is 109 Å². The lowest BCUT2D eigenvalue weighted by Crippen LogP contribution is -2.37. The molecule has 1 N–H and O–H groups in total. The molecular weight excluding hydrogens is 530 g/mol. The zero-order valence-electron chi connectivity index (χ0n) is 21.4. The number of ketones is 2. The van der Waals surface area contributed by atoms with Gasteiger partial charge in [0.05, 0.1) is 10.9 Å². The van der Waals surface area contributed by atoms with Crippen LogP contribution in [0.5, 0.6) is 0 Å². The van der Waals surface area contributed by atoms with Crippen LogP contribution in [0.15, 0.2) is 126 Å². The maximum absolute atomic E-state index is 14.0. The van der Waals surface area contributed by atoms with Gasteiger partial charge in [0.1, 0.15) is 0 Å². The lowest BCUT2D eigenvalue weighted by molar-refractivity contribution is 0.0891. The van der Waals surface area contributed by atoms with Gasteiger partial charge in [0.25, 0.3) is 0 Å². The summed E-state index contributed by atoms with van der Waals surface area (Å²) in [5, 5.41) is 0.466. The van der Waals surface area contributed by atoms with Crippen molar-refractivity contribution < 1.29 is 18.0 Å². The van der Waals surface area contributed by atoms with E-state index in [9.17, 15) is 18.0 Å². The van der Waals surface area contributed by atoms with Crippen molar-refractivity contribution >= 4 is 33.2 Å². The van der Waals surface area contributed by atoms with Gasteiger partial charge in [0, 0.05) is 22.1 Å². The molecule has 0 spiro atoms. The topological polar surface area (TPSA) is 80.3 Å². The first-order chi connectivity index (χ1) is 18.7. The lowest BCUT2D eigenvalue weighted by atomic mass is 9.81. The summed E-state index contributed by atoms with van der Waals surface area (Å²) in [6.07, 6.45) is -0.0643. The van der Waals surface area contributed by atoms with Crippen LogP contribution >= 0.6 is 11.6 Å². The third-order valence-corrected chi connectivity index (χ3v) is 8.17. The second-order valence-corrected chi connectivity index (χ2v) is 11.5. The molecule has 0 amide bonds. The van der Waals surface area contributed by atoms with Gasteiger partial charge in [-0.3, -0.25) is 9.59 Å². The van der Waals surface area contributed by atoms with E-state index in [0.717, 1.165) is 5.56 Å². The van der Waals surface area contributed by atoms with Gasteiger partial charge in [0.15, 0.2) is 11.6 Å². The van der Waals surface area contributed by atoms with Crippen LogP contribution in [0.2, 0.25) is 5.02 Å². The Morgan fingerprint density at radius 2 is 1.33 bits per heavy atom. The van der Waals surface area contributed by atoms with Crippen molar-refractivity contribution in [3.63, 3.8) is 0 Å². The third-order valence-electron chi connectivity index (χ3n) is 6.46. The Morgan fingerprint density at radius 3 is 1.90 bits per heavy atom. The summed E-state index contributed by atoms with van der Waals surface area (Å²) in [7, 11) is -4.05. The van der Waals surface area contributed by atoms with Crippen molar-refractivity contribution in [2.75, 3.05) is 0 Å². The molecule has 0 aromatic heterocycles. The van der Waals surface area contributed by atoms with Crippen LogP contribution in [0.1, 0.15) is 44.3 Å². The lowest BCUT2D eigenvalue weighted by Gasteiger charge is -2.28. The Labute approximate surface area is 234 Å². The standard InChI is InChI=1S/C32H28ClNO4S/c1-22-13-19-28(20-14-22)39(37,38)34-30(24-15-17-27(33)18-16-24)29(32(36)26-11-7-4-8-12-26)21-23(2)31(35)25-9-5-3-6-10-25/h3-20,29-30,34H,2,21H2,1H3/t29-,30-/m1/s1. The molecule has 0 saturated heterocycles. The minimum absolute atomic E-state index is 0.0643. The molecule has 39 heavy (non-hydrogen) atoms. The van der Waals surface area contributed by atoms with Gasteiger partial charge in [0.2, 0.25) is 10.0 Å². The fourth-order valence-corrected chi connectivity index (χ4v) is 5.73. The Hall–Kier alpha value is -3.84. The van der Waals surface area contributed by atoms with E-state index in [2.05, 4.69) is 11.3 Å². The van der Waals surface area contributed by atoms with Gasteiger partial charge >= 0.3 is 0 Å². The molecule has 0 radical (unpaired) electrons. The first-order valence-electron chi connectivity index (χ1n) is 12.4. The highest BCUT2D eigenvalue weighted by atomic mass is 35.5. The smallest absolute Gasteiger partial charge is 0.241 e. The maximum atomic E-state index is 14.0. The number of Topliss-reactive ketones (excluding diaryl/α,β-unsaturated/α-hetero) is 2. The largest absolute Gasteiger partial charge is 0.294 e. The van der Waals surface area contributed by atoms with E-state index in [1.165, 1.54) is 12.1 Å². The van der Waals surface area contributed by atoms with E-state index in [1.54, 1.807) is 97.1 Å². The molecule has 0 heterocycles. The van der Waals surface area contributed by atoms with Crippen molar-refractivity contribution in [2.45, 2.75) is 24.3 Å². The zero-order chi connectivity index (χ0) is 28.0. The summed E-state index contributed by atoms with van der Waals surface area (Å²) in [5.41, 5.74) is 2.48. The highest BCUT2D eigenvalue weighted by Gasteiger charge is 2.35. The van der Waals surface area contributed by atoms with Crippen LogP contribution in [0.4, 0.5) is 0 Å². The molecule has 198 valence electrons. The number of carbonyl (C=O) groups is 2. The first kappa shape index (κ1) is 28.2. The van der Waals surface area contributed by atoms with Crippen molar-refractivity contribution in [3.8, 4) is 0 Å². The quantitative estimate of drug-likeness (QED) is 0.159. The summed E-state index contributed by atoms with van der Waals surface area (Å²) in [6, 6.07) is 29.3. The number of halogens is 1. The van der Waals surface area contributed by atoms with Crippen LogP contribution in [0.25, 0.3) is 0 Å². The van der Waals surface area contributed by atoms with E-state index < -0.39 is 22.0 Å². The summed E-state index contributed by atoms with van der Waals surface area (Å²) in [5.74, 6) is -1.60. The molecule has 2 atom stereocenters. The molecule has 0 unspecified atom stereocenters. The molecule has 4 aromatic rings. The molecule has 0 aliphatic carbocycles. The highest BCUT2D eigenvalue weighted by Crippen LogP contribution is 2.33. The fraction of sp³-hybridized carbons (Fsp3) is 0.125. The minimum atomic E-state index is -4.05. The van der Waals surface area contributed by atoms with Gasteiger partial charge in [-0.2, -0.15) is 0 Å². The van der Waals surface area contributed by atoms with Crippen LogP contribution in [-0.2, 0) is 10.0 Å². The fourth-order valence-electron chi connectivity index (χ4n) is 4.34. The van der Waals surface area contributed by atoms with Gasteiger partial charge in [-0.25, -0.2) is 13.1 Å². The average molecular weight is 558 g/mol. The van der Waals surface area contributed by atoms with Gasteiger partial charge in [-0.05, 0) is 48.7 Å². The van der Waals surface area contributed by atoms with Crippen LogP contribution in [0, 0.1) is 12.8 Å². The molecule has 0 aliphatic heterocycles. The molecule has 0 fully saturated rings. The van der Waals surface area contributed by atoms with E-state index in [4.69, 9.17) is 11.6 Å². The summed E-state index contributed by atoms with van der Waals surface area (Å²) in [4.78, 5) is 27.3. The molecule has 7 heteroatoms. The van der Waals surface area contributed by atoms with Crippen LogP contribution in [0.3, 0.4) is 0 Å². The van der Waals surface area contributed by atoms with Crippen molar-refractivity contribution in [3.05, 3.63) is 149 Å². The second-order valence-electron chi connectivity index (χ2n) is 9.30. The molecule has 0 aliphatic rings. The monoisotopic (exact) mass is 557 g/mol. The van der Waals surface area contributed by atoms with Gasteiger partial charge < -0.3 is 0 Å². The number of benzene rings is 4. The zero-order valence-corrected chi connectivity index (χ0v) is 23.0. The summed E-state index contributed by atoms with van der Waals surface area (Å²) < 4.78 is 29.9. The predicted octanol–water partition coefficient (Wildman–Crippen LogP) is 7.00. The number of hydrogen-bond acceptors (Lipinski definition) is 4. The minimum Gasteiger partial charge on any atom is -0.294 e. The van der Waals surface area contributed by atoms with E-state index >= 15 is 0 Å². The maximum Gasteiger partial charge on any atom is 0.241 e. The second kappa shape index (κ2) is 12.3. The van der Waals surface area contributed by atoms with Crippen molar-refractivity contribution in [1.29, 1.82) is 0 Å². The van der Waals surface area contributed by atoms with E-state index in [-0.39, 0.29) is 28.5 Å². The third kappa shape index (κ3) is 6.98.